The SMILES string of the molecule is [c]1ccc2c3c4sc5ccccc5c4ccc3n(-c3ccccc3)c2c1. The molecule has 1 nitrogen and oxygen atoms in total. The van der Waals surface area contributed by atoms with E-state index in [1.165, 1.54) is 47.7 Å². The minimum atomic E-state index is 1.19. The van der Waals surface area contributed by atoms with Crippen molar-refractivity contribution in [3.63, 3.8) is 0 Å². The molecule has 0 fully saturated rings. The van der Waals surface area contributed by atoms with Gasteiger partial charge in [-0.25, -0.2) is 0 Å². The van der Waals surface area contributed by atoms with Crippen molar-refractivity contribution in [3.8, 4) is 5.69 Å². The molecule has 0 aliphatic heterocycles. The average Bonchev–Trinajstić information content (AvgIpc) is 3.24. The number of thiophene rings is 1. The molecule has 2 aromatic heterocycles. The number of nitrogens with zero attached hydrogens (tertiary/aromatic N) is 1. The van der Waals surface area contributed by atoms with Crippen molar-refractivity contribution < 1.29 is 0 Å². The summed E-state index contributed by atoms with van der Waals surface area (Å²) in [5, 5.41) is 5.33. The molecule has 0 aliphatic carbocycles. The maximum Gasteiger partial charge on any atom is 0.0555 e. The summed E-state index contributed by atoms with van der Waals surface area (Å²) in [5.74, 6) is 0. The summed E-state index contributed by atoms with van der Waals surface area (Å²) in [5.41, 5.74) is 3.65. The highest BCUT2D eigenvalue weighted by molar-refractivity contribution is 7.26. The van der Waals surface area contributed by atoms with E-state index in [-0.39, 0.29) is 0 Å². The Balaban J connectivity index is 1.89. The van der Waals surface area contributed by atoms with Crippen LogP contribution in [-0.2, 0) is 0 Å². The van der Waals surface area contributed by atoms with Crippen LogP contribution in [-0.4, -0.2) is 4.57 Å². The number of hydrogen-bond acceptors (Lipinski definition) is 1. The topological polar surface area (TPSA) is 4.93 Å². The molecule has 0 amide bonds. The van der Waals surface area contributed by atoms with Gasteiger partial charge in [0.1, 0.15) is 0 Å². The first-order chi connectivity index (χ1) is 12.9. The van der Waals surface area contributed by atoms with Gasteiger partial charge in [0, 0.05) is 36.6 Å². The zero-order valence-corrected chi connectivity index (χ0v) is 14.8. The number of benzene rings is 4. The molecule has 0 unspecified atom stereocenters. The van der Waals surface area contributed by atoms with Gasteiger partial charge in [-0.1, -0.05) is 54.6 Å². The van der Waals surface area contributed by atoms with Crippen molar-refractivity contribution in [1.29, 1.82) is 0 Å². The van der Waals surface area contributed by atoms with Crippen molar-refractivity contribution in [2.24, 2.45) is 0 Å². The number of hydrogen-bond donors (Lipinski definition) is 0. The van der Waals surface area contributed by atoms with Crippen LogP contribution < -0.4 is 0 Å². The largest absolute Gasteiger partial charge is 0.309 e. The Hall–Kier alpha value is -3.10. The normalized spacial score (nSPS) is 11.8. The summed E-state index contributed by atoms with van der Waals surface area (Å²) in [6.45, 7) is 0. The molecule has 0 atom stereocenters. The summed E-state index contributed by atoms with van der Waals surface area (Å²) >= 11 is 1.89. The minimum absolute atomic E-state index is 1.19. The van der Waals surface area contributed by atoms with Gasteiger partial charge in [0.05, 0.1) is 11.0 Å². The molecule has 0 aliphatic rings. The zero-order valence-electron chi connectivity index (χ0n) is 13.9. The average molecular weight is 348 g/mol. The molecule has 4 aromatic carbocycles. The van der Waals surface area contributed by atoms with Crippen molar-refractivity contribution in [2.45, 2.75) is 0 Å². The molecule has 0 bridgehead atoms. The summed E-state index contributed by atoms with van der Waals surface area (Å²) in [6.07, 6.45) is 0. The third kappa shape index (κ3) is 1.80. The minimum Gasteiger partial charge on any atom is -0.309 e. The van der Waals surface area contributed by atoms with Crippen molar-refractivity contribution in [2.75, 3.05) is 0 Å². The lowest BCUT2D eigenvalue weighted by atomic mass is 10.1. The first kappa shape index (κ1) is 14.1. The van der Waals surface area contributed by atoms with E-state index in [2.05, 4.69) is 89.5 Å². The van der Waals surface area contributed by atoms with Crippen LogP contribution in [0, 0.1) is 6.07 Å². The van der Waals surface area contributed by atoms with Crippen LogP contribution in [0.25, 0.3) is 47.7 Å². The quantitative estimate of drug-likeness (QED) is 0.303. The van der Waals surface area contributed by atoms with Crippen molar-refractivity contribution in [3.05, 3.63) is 91.0 Å². The van der Waals surface area contributed by atoms with E-state index in [0.29, 0.717) is 0 Å². The molecule has 0 saturated carbocycles. The molecule has 6 aromatic rings. The molecular weight excluding hydrogens is 334 g/mol. The monoisotopic (exact) mass is 348 g/mol. The fourth-order valence-corrected chi connectivity index (χ4v) is 5.29. The summed E-state index contributed by atoms with van der Waals surface area (Å²) in [6, 6.07) is 33.4. The van der Waals surface area contributed by atoms with Crippen molar-refractivity contribution >= 4 is 53.3 Å². The van der Waals surface area contributed by atoms with E-state index in [4.69, 9.17) is 0 Å². The van der Waals surface area contributed by atoms with Crippen LogP contribution in [0.4, 0.5) is 0 Å². The van der Waals surface area contributed by atoms with Crippen LogP contribution >= 0.6 is 11.3 Å². The van der Waals surface area contributed by atoms with E-state index >= 15 is 0 Å². The van der Waals surface area contributed by atoms with Gasteiger partial charge in [-0.2, -0.15) is 0 Å². The van der Waals surface area contributed by atoms with Crippen LogP contribution in [0.1, 0.15) is 0 Å². The van der Waals surface area contributed by atoms with Gasteiger partial charge in [0.2, 0.25) is 0 Å². The van der Waals surface area contributed by atoms with Gasteiger partial charge in [-0.15, -0.1) is 11.3 Å². The van der Waals surface area contributed by atoms with Crippen LogP contribution in [0.2, 0.25) is 0 Å². The van der Waals surface area contributed by atoms with Crippen LogP contribution in [0.5, 0.6) is 0 Å². The highest BCUT2D eigenvalue weighted by atomic mass is 32.1. The maximum absolute atomic E-state index is 3.26. The molecule has 1 radical (unpaired) electrons. The molecular formula is C24H14NS. The van der Waals surface area contributed by atoms with Gasteiger partial charge >= 0.3 is 0 Å². The maximum atomic E-state index is 3.26. The molecule has 6 rings (SSSR count). The Morgan fingerprint density at radius 1 is 0.692 bits per heavy atom. The molecule has 0 saturated heterocycles. The molecule has 2 heteroatoms. The highest BCUT2D eigenvalue weighted by Crippen LogP contribution is 2.42. The summed E-state index contributed by atoms with van der Waals surface area (Å²) < 4.78 is 5.07. The molecule has 121 valence electrons. The Morgan fingerprint density at radius 3 is 2.46 bits per heavy atom. The predicted molar refractivity (Wildman–Crippen MR) is 113 cm³/mol. The smallest absolute Gasteiger partial charge is 0.0555 e. The van der Waals surface area contributed by atoms with Crippen molar-refractivity contribution in [1.82, 2.24) is 4.57 Å². The van der Waals surface area contributed by atoms with E-state index in [9.17, 15) is 0 Å². The van der Waals surface area contributed by atoms with Crippen LogP contribution in [0.3, 0.4) is 0 Å². The fraction of sp³-hybridized carbons (Fsp3) is 0. The molecule has 2 heterocycles. The second-order valence-electron chi connectivity index (χ2n) is 6.55. The zero-order chi connectivity index (χ0) is 17.1. The highest BCUT2D eigenvalue weighted by Gasteiger charge is 2.16. The van der Waals surface area contributed by atoms with Gasteiger partial charge in [0.15, 0.2) is 0 Å². The standard InChI is InChI=1S/C24H14NS/c1-2-8-16(9-3-1)25-20-12-6-4-11-19(20)23-21(25)15-14-18-17-10-5-7-13-22(17)26-24(18)23/h1-5,7-15H. The number of fused-ring (bicyclic) bond motifs is 7. The first-order valence-corrected chi connectivity index (χ1v) is 9.53. The van der Waals surface area contributed by atoms with E-state index in [1.54, 1.807) is 0 Å². The van der Waals surface area contributed by atoms with Gasteiger partial charge in [-0.05, 0) is 36.4 Å². The number of para-hydroxylation sites is 1. The Kier molecular flexibility index (Phi) is 2.82. The van der Waals surface area contributed by atoms with Crippen LogP contribution in [0.15, 0.2) is 84.9 Å². The number of rotatable bonds is 1. The van der Waals surface area contributed by atoms with Gasteiger partial charge in [-0.3, -0.25) is 0 Å². The van der Waals surface area contributed by atoms with E-state index < -0.39 is 0 Å². The Morgan fingerprint density at radius 2 is 1.54 bits per heavy atom. The lowest BCUT2D eigenvalue weighted by Crippen LogP contribution is -1.92. The van der Waals surface area contributed by atoms with Gasteiger partial charge < -0.3 is 4.57 Å². The Labute approximate surface area is 154 Å². The summed E-state index contributed by atoms with van der Waals surface area (Å²) in [7, 11) is 0. The molecule has 0 spiro atoms. The lowest BCUT2D eigenvalue weighted by molar-refractivity contribution is 1.18. The lowest BCUT2D eigenvalue weighted by Gasteiger charge is -2.07. The molecule has 26 heavy (non-hydrogen) atoms. The van der Waals surface area contributed by atoms with Gasteiger partial charge in [0.25, 0.3) is 0 Å². The third-order valence-corrected chi connectivity index (χ3v) is 6.34. The second-order valence-corrected chi connectivity index (χ2v) is 7.60. The first-order valence-electron chi connectivity index (χ1n) is 8.72. The fourth-order valence-electron chi connectivity index (χ4n) is 4.03. The van der Waals surface area contributed by atoms with E-state index in [0.717, 1.165) is 0 Å². The number of aromatic nitrogens is 1. The third-order valence-electron chi connectivity index (χ3n) is 5.13. The second kappa shape index (κ2) is 5.20. The summed E-state index contributed by atoms with van der Waals surface area (Å²) in [4.78, 5) is 0. The molecule has 0 N–H and O–H groups in total. The predicted octanol–water partition coefficient (Wildman–Crippen LogP) is 6.95. The van der Waals surface area contributed by atoms with E-state index in [1.807, 2.05) is 17.4 Å². The Bertz CT molecular complexity index is 1420.